The highest BCUT2D eigenvalue weighted by Gasteiger charge is 2.10. The normalized spacial score (nSPS) is 11.0. The van der Waals surface area contributed by atoms with Crippen molar-refractivity contribution in [3.8, 4) is 5.75 Å². The lowest BCUT2D eigenvalue weighted by molar-refractivity contribution is -0.129. The summed E-state index contributed by atoms with van der Waals surface area (Å²) in [6, 6.07) is 14.8. The molecule has 0 fully saturated rings. The number of hydrogen-bond donors (Lipinski definition) is 1. The number of methoxy groups -OCH3 is 1. The monoisotopic (exact) mass is 376 g/mol. The minimum atomic E-state index is -3.28. The van der Waals surface area contributed by atoms with E-state index in [2.05, 4.69) is 4.72 Å². The Morgan fingerprint density at radius 2 is 1.62 bits per heavy atom. The third-order valence-corrected chi connectivity index (χ3v) is 4.51. The second-order valence-corrected chi connectivity index (χ2v) is 7.86. The molecule has 0 radical (unpaired) electrons. The van der Waals surface area contributed by atoms with E-state index in [9.17, 15) is 13.2 Å². The summed E-state index contributed by atoms with van der Waals surface area (Å²) in [5, 5.41) is 0. The fraction of sp³-hybridized carbons (Fsp3) is 0.316. The lowest BCUT2D eigenvalue weighted by Gasteiger charge is -2.21. The number of carbonyl (C=O) groups is 1. The molecule has 0 aromatic heterocycles. The average molecular weight is 376 g/mol. The second-order valence-electron chi connectivity index (χ2n) is 6.11. The zero-order valence-corrected chi connectivity index (χ0v) is 16.0. The van der Waals surface area contributed by atoms with Crippen LogP contribution in [0.5, 0.6) is 5.75 Å². The van der Waals surface area contributed by atoms with Gasteiger partial charge in [-0.25, -0.2) is 8.42 Å². The summed E-state index contributed by atoms with van der Waals surface area (Å²) in [6.07, 6.45) is 1.81. The average Bonchev–Trinajstić information content (AvgIpc) is 2.59. The molecule has 2 rings (SSSR count). The number of anilines is 1. The maximum Gasteiger partial charge on any atom is 0.229 e. The maximum atomic E-state index is 11.9. The van der Waals surface area contributed by atoms with Gasteiger partial charge in [0.1, 0.15) is 5.75 Å². The first-order valence-electron chi connectivity index (χ1n) is 8.22. The smallest absolute Gasteiger partial charge is 0.229 e. The van der Waals surface area contributed by atoms with Gasteiger partial charge in [0.05, 0.1) is 13.4 Å². The van der Waals surface area contributed by atoms with E-state index in [-0.39, 0.29) is 5.91 Å². The molecule has 0 aliphatic rings. The van der Waals surface area contributed by atoms with Crippen molar-refractivity contribution in [2.45, 2.75) is 19.9 Å². The van der Waals surface area contributed by atoms with Crippen LogP contribution in [0, 0.1) is 0 Å². The number of ether oxygens (including phenoxy) is 1. The lowest BCUT2D eigenvalue weighted by atomic mass is 10.1. The highest BCUT2D eigenvalue weighted by Crippen LogP contribution is 2.15. The van der Waals surface area contributed by atoms with Crippen LogP contribution < -0.4 is 9.46 Å². The first kappa shape index (κ1) is 19.8. The Morgan fingerprint density at radius 1 is 1.04 bits per heavy atom. The molecule has 0 saturated carbocycles. The molecule has 1 N–H and O–H groups in total. The van der Waals surface area contributed by atoms with Crippen LogP contribution in [0.3, 0.4) is 0 Å². The van der Waals surface area contributed by atoms with Gasteiger partial charge < -0.3 is 9.64 Å². The Hall–Kier alpha value is -2.54. The van der Waals surface area contributed by atoms with Crippen LogP contribution in [0.25, 0.3) is 0 Å². The summed E-state index contributed by atoms with van der Waals surface area (Å²) in [4.78, 5) is 13.7. The largest absolute Gasteiger partial charge is 0.497 e. The Kier molecular flexibility index (Phi) is 6.63. The molecular weight excluding hydrogens is 352 g/mol. The molecule has 0 spiro atoms. The third-order valence-electron chi connectivity index (χ3n) is 3.91. The molecule has 140 valence electrons. The van der Waals surface area contributed by atoms with E-state index in [1.54, 1.807) is 31.1 Å². The van der Waals surface area contributed by atoms with Gasteiger partial charge in [-0.05, 0) is 41.8 Å². The molecule has 0 aliphatic carbocycles. The summed E-state index contributed by atoms with van der Waals surface area (Å²) in [5.41, 5.74) is 2.59. The minimum Gasteiger partial charge on any atom is -0.497 e. The van der Waals surface area contributed by atoms with E-state index in [0.717, 1.165) is 23.1 Å². The molecule has 0 unspecified atom stereocenters. The van der Waals surface area contributed by atoms with E-state index in [4.69, 9.17) is 4.74 Å². The molecule has 26 heavy (non-hydrogen) atoms. The Morgan fingerprint density at radius 3 is 2.12 bits per heavy atom. The molecule has 0 heterocycles. The molecule has 2 aromatic carbocycles. The van der Waals surface area contributed by atoms with Gasteiger partial charge in [-0.2, -0.15) is 0 Å². The van der Waals surface area contributed by atoms with Crippen molar-refractivity contribution in [3.05, 3.63) is 59.7 Å². The first-order chi connectivity index (χ1) is 12.3. The molecule has 1 amide bonds. The SMILES string of the molecule is COc1ccc(CN(CCc2ccc(NS(C)(=O)=O)cc2)C(C)=O)cc1. The van der Waals surface area contributed by atoms with Gasteiger partial charge in [-0.3, -0.25) is 9.52 Å². The van der Waals surface area contributed by atoms with Gasteiger partial charge >= 0.3 is 0 Å². The van der Waals surface area contributed by atoms with E-state index in [0.29, 0.717) is 25.2 Å². The highest BCUT2D eigenvalue weighted by molar-refractivity contribution is 7.92. The van der Waals surface area contributed by atoms with Crippen molar-refractivity contribution >= 4 is 21.6 Å². The predicted octanol–water partition coefficient (Wildman–Crippen LogP) is 2.66. The zero-order chi connectivity index (χ0) is 19.2. The minimum absolute atomic E-state index is 0.0104. The third kappa shape index (κ3) is 6.40. The van der Waals surface area contributed by atoms with Crippen molar-refractivity contribution in [2.24, 2.45) is 0 Å². The summed E-state index contributed by atoms with van der Waals surface area (Å²) >= 11 is 0. The van der Waals surface area contributed by atoms with Crippen LogP contribution in [0.15, 0.2) is 48.5 Å². The summed E-state index contributed by atoms with van der Waals surface area (Å²) in [5.74, 6) is 0.794. The van der Waals surface area contributed by atoms with Crippen molar-refractivity contribution < 1.29 is 17.9 Å². The van der Waals surface area contributed by atoms with E-state index in [1.807, 2.05) is 36.4 Å². The molecule has 6 nitrogen and oxygen atoms in total. The topological polar surface area (TPSA) is 75.7 Å². The number of carbonyl (C=O) groups excluding carboxylic acids is 1. The van der Waals surface area contributed by atoms with Gasteiger partial charge in [0, 0.05) is 25.7 Å². The molecular formula is C19H24N2O4S. The lowest BCUT2D eigenvalue weighted by Crippen LogP contribution is -2.30. The fourth-order valence-corrected chi connectivity index (χ4v) is 3.08. The molecule has 0 aliphatic heterocycles. The number of rotatable bonds is 8. The van der Waals surface area contributed by atoms with Gasteiger partial charge in [0.15, 0.2) is 0 Å². The Labute approximate surface area is 154 Å². The summed E-state index contributed by atoms with van der Waals surface area (Å²) < 4.78 is 30.0. The van der Waals surface area contributed by atoms with Gasteiger partial charge in [0.25, 0.3) is 0 Å². The van der Waals surface area contributed by atoms with Gasteiger partial charge in [0.2, 0.25) is 15.9 Å². The van der Waals surface area contributed by atoms with Crippen molar-refractivity contribution in [2.75, 3.05) is 24.6 Å². The molecule has 2 aromatic rings. The number of nitrogens with one attached hydrogen (secondary N) is 1. The van der Waals surface area contributed by atoms with Gasteiger partial charge in [-0.15, -0.1) is 0 Å². The number of benzene rings is 2. The molecule has 7 heteroatoms. The van der Waals surface area contributed by atoms with Crippen molar-refractivity contribution in [1.29, 1.82) is 0 Å². The van der Waals surface area contributed by atoms with Crippen LogP contribution in [0.1, 0.15) is 18.1 Å². The molecule has 0 bridgehead atoms. The zero-order valence-electron chi connectivity index (χ0n) is 15.2. The fourth-order valence-electron chi connectivity index (χ4n) is 2.52. The predicted molar refractivity (Wildman–Crippen MR) is 103 cm³/mol. The maximum absolute atomic E-state index is 11.9. The van der Waals surface area contributed by atoms with Crippen molar-refractivity contribution in [1.82, 2.24) is 4.90 Å². The van der Waals surface area contributed by atoms with Crippen LogP contribution in [0.4, 0.5) is 5.69 Å². The quantitative estimate of drug-likeness (QED) is 0.768. The van der Waals surface area contributed by atoms with E-state index in [1.165, 1.54) is 0 Å². The van der Waals surface area contributed by atoms with Gasteiger partial charge in [-0.1, -0.05) is 24.3 Å². The number of sulfonamides is 1. The molecule has 0 atom stereocenters. The Balaban J connectivity index is 1.96. The van der Waals surface area contributed by atoms with Crippen LogP contribution >= 0.6 is 0 Å². The second kappa shape index (κ2) is 8.71. The highest BCUT2D eigenvalue weighted by atomic mass is 32.2. The standard InChI is InChI=1S/C19H24N2O4S/c1-15(22)21(14-17-6-10-19(25-2)11-7-17)13-12-16-4-8-18(9-5-16)20-26(3,23)24/h4-11,20H,12-14H2,1-3H3. The number of nitrogens with zero attached hydrogens (tertiary/aromatic N) is 1. The van der Waals surface area contributed by atoms with Crippen LogP contribution in [-0.4, -0.2) is 39.1 Å². The Bertz CT molecular complexity index is 831. The number of hydrogen-bond acceptors (Lipinski definition) is 4. The summed E-state index contributed by atoms with van der Waals surface area (Å²) in [7, 11) is -1.66. The van der Waals surface area contributed by atoms with Crippen molar-refractivity contribution in [3.63, 3.8) is 0 Å². The first-order valence-corrected chi connectivity index (χ1v) is 10.1. The summed E-state index contributed by atoms with van der Waals surface area (Å²) in [6.45, 7) is 2.68. The molecule has 0 saturated heterocycles. The van der Waals surface area contributed by atoms with Crippen LogP contribution in [0.2, 0.25) is 0 Å². The number of amides is 1. The van der Waals surface area contributed by atoms with E-state index >= 15 is 0 Å². The van der Waals surface area contributed by atoms with Crippen LogP contribution in [-0.2, 0) is 27.8 Å². The van der Waals surface area contributed by atoms with E-state index < -0.39 is 10.0 Å².